The number of rotatable bonds is 6. The summed E-state index contributed by atoms with van der Waals surface area (Å²) >= 11 is 5.86. The van der Waals surface area contributed by atoms with Crippen molar-refractivity contribution in [2.24, 2.45) is 0 Å². The van der Waals surface area contributed by atoms with Gasteiger partial charge in [0, 0.05) is 5.02 Å². The first-order chi connectivity index (χ1) is 9.60. The number of benzene rings is 1. The Morgan fingerprint density at radius 2 is 2.00 bits per heavy atom. The molecule has 1 aromatic heterocycles. The highest BCUT2D eigenvalue weighted by atomic mass is 35.5. The molecule has 6 heteroatoms. The van der Waals surface area contributed by atoms with Crippen molar-refractivity contribution in [3.63, 3.8) is 0 Å². The third-order valence-corrected chi connectivity index (χ3v) is 3.19. The number of halogens is 1. The van der Waals surface area contributed by atoms with E-state index in [-0.39, 0.29) is 11.9 Å². The normalized spacial score (nSPS) is 12.3. The highest BCUT2D eigenvalue weighted by molar-refractivity contribution is 6.30. The van der Waals surface area contributed by atoms with Crippen molar-refractivity contribution >= 4 is 17.5 Å². The van der Waals surface area contributed by atoms with E-state index in [9.17, 15) is 10.1 Å². The van der Waals surface area contributed by atoms with Crippen molar-refractivity contribution < 1.29 is 9.34 Å². The van der Waals surface area contributed by atoms with Crippen LogP contribution in [0.3, 0.4) is 0 Å². The lowest BCUT2D eigenvalue weighted by atomic mass is 10.0. The van der Waals surface area contributed by atoms with Gasteiger partial charge in [0.1, 0.15) is 10.7 Å². The number of likely N-dealkylation sites (N-methyl/N-ethyl adjacent to an activating group) is 1. The molecule has 1 atom stereocenters. The fraction of sp³-hybridized carbons (Fsp3) is 0.286. The van der Waals surface area contributed by atoms with Crippen LogP contribution < -0.4 is 5.32 Å². The lowest BCUT2D eigenvalue weighted by Crippen LogP contribution is -2.22. The van der Waals surface area contributed by atoms with Crippen LogP contribution in [0.2, 0.25) is 5.02 Å². The van der Waals surface area contributed by atoms with Gasteiger partial charge in [0.25, 0.3) is 0 Å². The summed E-state index contributed by atoms with van der Waals surface area (Å²) in [5, 5.41) is 14.6. The Balaban J connectivity index is 2.17. The summed E-state index contributed by atoms with van der Waals surface area (Å²) in [6.45, 7) is 2.72. The molecule has 0 aliphatic rings. The fourth-order valence-electron chi connectivity index (χ4n) is 2.00. The number of nitrogens with one attached hydrogen (secondary N) is 1. The van der Waals surface area contributed by atoms with Crippen LogP contribution in [0.4, 0.5) is 5.88 Å². The maximum absolute atomic E-state index is 10.7. The monoisotopic (exact) mass is 294 g/mol. The van der Waals surface area contributed by atoms with Crippen molar-refractivity contribution in [2.75, 3.05) is 6.54 Å². The Bertz CT molecular complexity index is 580. The van der Waals surface area contributed by atoms with Gasteiger partial charge in [0.2, 0.25) is 0 Å². The van der Waals surface area contributed by atoms with E-state index in [1.165, 1.54) is 6.07 Å². The summed E-state index contributed by atoms with van der Waals surface area (Å²) in [5.41, 5.74) is 1.08. The zero-order valence-electron chi connectivity index (χ0n) is 11.0. The predicted molar refractivity (Wildman–Crippen MR) is 76.9 cm³/mol. The maximum atomic E-state index is 10.7. The molecule has 0 saturated carbocycles. The van der Waals surface area contributed by atoms with Crippen LogP contribution in [0.25, 0.3) is 0 Å². The summed E-state index contributed by atoms with van der Waals surface area (Å²) in [7, 11) is 0. The molecule has 2 rings (SSSR count). The topological polar surface area (TPSA) is 68.3 Å². The van der Waals surface area contributed by atoms with Gasteiger partial charge in [0.15, 0.2) is 0 Å². The van der Waals surface area contributed by atoms with Gasteiger partial charge < -0.3 is 9.73 Å². The lowest BCUT2D eigenvalue weighted by Gasteiger charge is -2.15. The van der Waals surface area contributed by atoms with E-state index in [2.05, 4.69) is 5.32 Å². The van der Waals surface area contributed by atoms with Gasteiger partial charge in [-0.2, -0.15) is 0 Å². The maximum Gasteiger partial charge on any atom is 0.433 e. The van der Waals surface area contributed by atoms with Gasteiger partial charge in [-0.3, -0.25) is 10.1 Å². The molecule has 0 spiro atoms. The van der Waals surface area contributed by atoms with E-state index in [0.717, 1.165) is 12.1 Å². The van der Waals surface area contributed by atoms with Crippen molar-refractivity contribution in [1.82, 2.24) is 5.32 Å². The molecule has 0 aliphatic carbocycles. The summed E-state index contributed by atoms with van der Waals surface area (Å²) < 4.78 is 5.27. The minimum Gasteiger partial charge on any atom is -0.404 e. The summed E-state index contributed by atoms with van der Waals surface area (Å²) in [6, 6.07) is 10.4. The first-order valence-electron chi connectivity index (χ1n) is 6.32. The van der Waals surface area contributed by atoms with E-state index >= 15 is 0 Å². The molecule has 0 amide bonds. The van der Waals surface area contributed by atoms with Crippen LogP contribution in [0.15, 0.2) is 40.8 Å². The molecule has 1 heterocycles. The SMILES string of the molecule is CCNC(Cc1ccc(Cl)cc1)c1ccc([N+](=O)[O-])o1. The van der Waals surface area contributed by atoms with E-state index in [1.54, 1.807) is 6.07 Å². The van der Waals surface area contributed by atoms with Gasteiger partial charge >= 0.3 is 5.88 Å². The van der Waals surface area contributed by atoms with Gasteiger partial charge in [-0.05, 0) is 36.7 Å². The highest BCUT2D eigenvalue weighted by Gasteiger charge is 2.19. The average molecular weight is 295 g/mol. The molecule has 20 heavy (non-hydrogen) atoms. The molecule has 2 aromatic rings. The third kappa shape index (κ3) is 3.59. The second kappa shape index (κ2) is 6.54. The Labute approximate surface area is 121 Å². The molecule has 0 radical (unpaired) electrons. The first-order valence-corrected chi connectivity index (χ1v) is 6.70. The molecule has 0 aliphatic heterocycles. The molecule has 1 N–H and O–H groups in total. The number of nitrogens with zero attached hydrogens (tertiary/aromatic N) is 1. The van der Waals surface area contributed by atoms with Gasteiger partial charge in [-0.15, -0.1) is 0 Å². The number of nitro groups is 1. The summed E-state index contributed by atoms with van der Waals surface area (Å²) in [4.78, 5) is 10.1. The van der Waals surface area contributed by atoms with E-state index in [1.807, 2.05) is 31.2 Å². The molecule has 106 valence electrons. The van der Waals surface area contributed by atoms with Gasteiger partial charge in [-0.1, -0.05) is 30.7 Å². The Morgan fingerprint density at radius 1 is 1.30 bits per heavy atom. The van der Waals surface area contributed by atoms with Crippen LogP contribution in [-0.2, 0) is 6.42 Å². The third-order valence-electron chi connectivity index (χ3n) is 2.94. The van der Waals surface area contributed by atoms with Crippen molar-refractivity contribution in [3.8, 4) is 0 Å². The van der Waals surface area contributed by atoms with Crippen LogP contribution in [0, 0.1) is 10.1 Å². The zero-order chi connectivity index (χ0) is 14.5. The van der Waals surface area contributed by atoms with Crippen molar-refractivity contribution in [2.45, 2.75) is 19.4 Å². The van der Waals surface area contributed by atoms with Gasteiger partial charge in [-0.25, -0.2) is 0 Å². The molecule has 5 nitrogen and oxygen atoms in total. The Morgan fingerprint density at radius 3 is 2.55 bits per heavy atom. The van der Waals surface area contributed by atoms with Gasteiger partial charge in [0.05, 0.1) is 12.1 Å². The van der Waals surface area contributed by atoms with E-state index < -0.39 is 4.92 Å². The van der Waals surface area contributed by atoms with Crippen LogP contribution in [-0.4, -0.2) is 11.5 Å². The first kappa shape index (κ1) is 14.6. The largest absolute Gasteiger partial charge is 0.433 e. The Kier molecular flexibility index (Phi) is 4.76. The second-order valence-corrected chi connectivity index (χ2v) is 4.81. The number of furan rings is 1. The average Bonchev–Trinajstić information content (AvgIpc) is 2.90. The van der Waals surface area contributed by atoms with Crippen LogP contribution >= 0.6 is 11.6 Å². The number of hydrogen-bond donors (Lipinski definition) is 1. The molecular formula is C14H15ClN2O3. The predicted octanol–water partition coefficient (Wildman–Crippen LogP) is 3.73. The minimum absolute atomic E-state index is 0.102. The quantitative estimate of drug-likeness (QED) is 0.651. The van der Waals surface area contributed by atoms with Crippen LogP contribution in [0.1, 0.15) is 24.3 Å². The molecule has 1 aromatic carbocycles. The second-order valence-electron chi connectivity index (χ2n) is 4.37. The fourth-order valence-corrected chi connectivity index (χ4v) is 2.13. The number of hydrogen-bond acceptors (Lipinski definition) is 4. The zero-order valence-corrected chi connectivity index (χ0v) is 11.8. The van der Waals surface area contributed by atoms with Crippen molar-refractivity contribution in [3.05, 3.63) is 62.9 Å². The smallest absolute Gasteiger partial charge is 0.404 e. The summed E-state index contributed by atoms with van der Waals surface area (Å²) in [6.07, 6.45) is 0.676. The lowest BCUT2D eigenvalue weighted by molar-refractivity contribution is -0.402. The molecule has 0 saturated heterocycles. The molecular weight excluding hydrogens is 280 g/mol. The Hall–Kier alpha value is -1.85. The van der Waals surface area contributed by atoms with E-state index in [4.69, 9.17) is 16.0 Å². The molecule has 0 fully saturated rings. The summed E-state index contributed by atoms with van der Waals surface area (Å²) in [5.74, 6) is 0.326. The van der Waals surface area contributed by atoms with Crippen LogP contribution in [0.5, 0.6) is 0 Å². The highest BCUT2D eigenvalue weighted by Crippen LogP contribution is 2.25. The van der Waals surface area contributed by atoms with Crippen molar-refractivity contribution in [1.29, 1.82) is 0 Å². The van der Waals surface area contributed by atoms with E-state index in [0.29, 0.717) is 17.2 Å². The molecule has 0 bridgehead atoms. The standard InChI is InChI=1S/C14H15ClN2O3/c1-2-16-12(9-10-3-5-11(15)6-4-10)13-7-8-14(20-13)17(18)19/h3-8,12,16H,2,9H2,1H3. The minimum atomic E-state index is -0.533. The molecule has 1 unspecified atom stereocenters.